The number of benzene rings is 1. The van der Waals surface area contributed by atoms with Gasteiger partial charge in [0.1, 0.15) is 29.0 Å². The Morgan fingerprint density at radius 3 is 2.35 bits per heavy atom. The summed E-state index contributed by atoms with van der Waals surface area (Å²) in [7, 11) is 1.33. The number of aliphatic hydroxyl groups excluding tert-OH is 2. The molecule has 1 aliphatic carbocycles. The summed E-state index contributed by atoms with van der Waals surface area (Å²) in [6.45, 7) is 6.37. The highest BCUT2D eigenvalue weighted by molar-refractivity contribution is 6.01. The van der Waals surface area contributed by atoms with Gasteiger partial charge in [-0.1, -0.05) is 0 Å². The number of aryl methyl sites for hydroxylation is 1. The molecule has 0 unspecified atom stereocenters. The van der Waals surface area contributed by atoms with Gasteiger partial charge in [-0.25, -0.2) is 0 Å². The van der Waals surface area contributed by atoms with Gasteiger partial charge in [0.15, 0.2) is 6.10 Å². The van der Waals surface area contributed by atoms with Crippen molar-refractivity contribution in [2.45, 2.75) is 45.5 Å². The lowest BCUT2D eigenvalue weighted by Crippen LogP contribution is -2.61. The van der Waals surface area contributed by atoms with Crippen molar-refractivity contribution in [1.29, 1.82) is 0 Å². The first-order valence-electron chi connectivity index (χ1n) is 7.27. The monoisotopic (exact) mass is 322 g/mol. The van der Waals surface area contributed by atoms with E-state index in [0.717, 1.165) is 5.56 Å². The fourth-order valence-electron chi connectivity index (χ4n) is 2.65. The molecule has 1 aliphatic rings. The standard InChI is InChI=1S/C17H22O6/c1-8-6-11(18)9(2)12(7-8)23-16-14(20)10(3)13(19)15(21)17(16,4)22-5/h6-7,15-16,18-19,21H,1-5H3/t15-,16+,17+/m0/s1. The van der Waals surface area contributed by atoms with Crippen LogP contribution in [0.15, 0.2) is 23.5 Å². The van der Waals surface area contributed by atoms with Gasteiger partial charge in [0, 0.05) is 18.2 Å². The maximum Gasteiger partial charge on any atom is 0.205 e. The van der Waals surface area contributed by atoms with Gasteiger partial charge in [0.25, 0.3) is 0 Å². The Balaban J connectivity index is 2.51. The smallest absolute Gasteiger partial charge is 0.205 e. The van der Waals surface area contributed by atoms with Gasteiger partial charge in [0.2, 0.25) is 5.78 Å². The van der Waals surface area contributed by atoms with Crippen molar-refractivity contribution in [2.24, 2.45) is 0 Å². The molecule has 0 saturated heterocycles. The zero-order valence-corrected chi connectivity index (χ0v) is 13.9. The van der Waals surface area contributed by atoms with E-state index in [1.807, 2.05) is 0 Å². The molecule has 0 radical (unpaired) electrons. The number of rotatable bonds is 3. The lowest BCUT2D eigenvalue weighted by molar-refractivity contribution is -0.165. The molecule has 0 aromatic heterocycles. The molecule has 1 aromatic rings. The Labute approximate surface area is 135 Å². The molecule has 1 aromatic carbocycles. The quantitative estimate of drug-likeness (QED) is 0.787. The van der Waals surface area contributed by atoms with Gasteiger partial charge >= 0.3 is 0 Å². The Kier molecular flexibility index (Phi) is 4.41. The number of phenols is 1. The highest BCUT2D eigenvalue weighted by Crippen LogP contribution is 2.37. The Hall–Kier alpha value is -2.05. The molecule has 0 aliphatic heterocycles. The summed E-state index contributed by atoms with van der Waals surface area (Å²) < 4.78 is 11.1. The molecule has 0 heterocycles. The molecule has 0 spiro atoms. The predicted molar refractivity (Wildman–Crippen MR) is 83.8 cm³/mol. The van der Waals surface area contributed by atoms with Crippen LogP contribution in [0.25, 0.3) is 0 Å². The first kappa shape index (κ1) is 17.3. The summed E-state index contributed by atoms with van der Waals surface area (Å²) in [5, 5.41) is 30.2. The number of aromatic hydroxyl groups is 1. The van der Waals surface area contributed by atoms with E-state index in [9.17, 15) is 20.1 Å². The number of Topliss-reactive ketones (excluding diaryl/α,β-unsaturated/α-hetero) is 1. The molecule has 23 heavy (non-hydrogen) atoms. The van der Waals surface area contributed by atoms with Crippen LogP contribution in [0, 0.1) is 13.8 Å². The Morgan fingerprint density at radius 1 is 1.17 bits per heavy atom. The average Bonchev–Trinajstić information content (AvgIpc) is 2.52. The molecule has 6 heteroatoms. The van der Waals surface area contributed by atoms with E-state index in [0.29, 0.717) is 11.3 Å². The van der Waals surface area contributed by atoms with Crippen LogP contribution in [0.3, 0.4) is 0 Å². The third kappa shape index (κ3) is 2.68. The number of carbonyl (C=O) groups is 1. The van der Waals surface area contributed by atoms with Crippen molar-refractivity contribution < 1.29 is 29.6 Å². The lowest BCUT2D eigenvalue weighted by Gasteiger charge is -2.42. The van der Waals surface area contributed by atoms with Crippen LogP contribution in [0.2, 0.25) is 0 Å². The zero-order chi connectivity index (χ0) is 17.5. The van der Waals surface area contributed by atoms with Crippen molar-refractivity contribution in [3.8, 4) is 11.5 Å². The van der Waals surface area contributed by atoms with E-state index in [1.165, 1.54) is 21.0 Å². The largest absolute Gasteiger partial charge is 0.509 e. The summed E-state index contributed by atoms with van der Waals surface area (Å²) in [5.41, 5.74) is -0.174. The number of ketones is 1. The van der Waals surface area contributed by atoms with Crippen LogP contribution in [-0.2, 0) is 9.53 Å². The normalized spacial score (nSPS) is 28.2. The minimum atomic E-state index is -1.45. The molecular weight excluding hydrogens is 300 g/mol. The minimum absolute atomic E-state index is 0.0338. The second-order valence-electron chi connectivity index (χ2n) is 6.07. The summed E-state index contributed by atoms with van der Waals surface area (Å²) in [6, 6.07) is 3.28. The summed E-state index contributed by atoms with van der Waals surface area (Å²) in [4.78, 5) is 12.5. The molecule has 2 rings (SSSR count). The van der Waals surface area contributed by atoms with Crippen molar-refractivity contribution >= 4 is 5.78 Å². The van der Waals surface area contributed by atoms with Crippen LogP contribution in [0.5, 0.6) is 11.5 Å². The molecule has 6 nitrogen and oxygen atoms in total. The van der Waals surface area contributed by atoms with E-state index >= 15 is 0 Å². The van der Waals surface area contributed by atoms with E-state index in [-0.39, 0.29) is 11.3 Å². The van der Waals surface area contributed by atoms with Crippen molar-refractivity contribution in [1.82, 2.24) is 0 Å². The van der Waals surface area contributed by atoms with E-state index in [1.54, 1.807) is 26.0 Å². The van der Waals surface area contributed by atoms with Crippen LogP contribution in [0.1, 0.15) is 25.0 Å². The SMILES string of the molecule is CO[C@@]1(C)[C@H](Oc2cc(C)cc(O)c2C)C(=O)C(C)=C(O)[C@@H]1O. The van der Waals surface area contributed by atoms with E-state index < -0.39 is 29.4 Å². The molecule has 0 amide bonds. The minimum Gasteiger partial charge on any atom is -0.509 e. The van der Waals surface area contributed by atoms with Gasteiger partial charge in [-0.2, -0.15) is 0 Å². The van der Waals surface area contributed by atoms with Crippen molar-refractivity contribution in [2.75, 3.05) is 7.11 Å². The van der Waals surface area contributed by atoms with E-state index in [2.05, 4.69) is 0 Å². The Bertz CT molecular complexity index is 678. The van der Waals surface area contributed by atoms with Gasteiger partial charge < -0.3 is 24.8 Å². The molecular formula is C17H22O6. The highest BCUT2D eigenvalue weighted by Gasteiger charge is 2.53. The molecule has 0 bridgehead atoms. The third-order valence-electron chi connectivity index (χ3n) is 4.48. The number of hydrogen-bond donors (Lipinski definition) is 3. The zero-order valence-electron chi connectivity index (χ0n) is 13.9. The highest BCUT2D eigenvalue weighted by atomic mass is 16.6. The maximum absolute atomic E-state index is 12.5. The topological polar surface area (TPSA) is 96.2 Å². The lowest BCUT2D eigenvalue weighted by atomic mass is 9.79. The van der Waals surface area contributed by atoms with Crippen LogP contribution < -0.4 is 4.74 Å². The molecule has 3 atom stereocenters. The molecule has 126 valence electrons. The van der Waals surface area contributed by atoms with Gasteiger partial charge in [0.05, 0.1) is 0 Å². The number of ether oxygens (including phenoxy) is 2. The number of aliphatic hydroxyl groups is 2. The van der Waals surface area contributed by atoms with Crippen LogP contribution >= 0.6 is 0 Å². The summed E-state index contributed by atoms with van der Waals surface area (Å²) >= 11 is 0. The predicted octanol–water partition coefficient (Wildman–Crippen LogP) is 1.94. The van der Waals surface area contributed by atoms with Gasteiger partial charge in [-0.05, 0) is 45.4 Å². The first-order valence-corrected chi connectivity index (χ1v) is 7.27. The Morgan fingerprint density at radius 2 is 1.78 bits per heavy atom. The van der Waals surface area contributed by atoms with E-state index in [4.69, 9.17) is 9.47 Å². The fraction of sp³-hybridized carbons (Fsp3) is 0.471. The fourth-order valence-corrected chi connectivity index (χ4v) is 2.65. The maximum atomic E-state index is 12.5. The second-order valence-corrected chi connectivity index (χ2v) is 6.07. The number of hydrogen-bond acceptors (Lipinski definition) is 6. The molecule has 3 N–H and O–H groups in total. The third-order valence-corrected chi connectivity index (χ3v) is 4.48. The van der Waals surface area contributed by atoms with Crippen molar-refractivity contribution in [3.05, 3.63) is 34.6 Å². The van der Waals surface area contributed by atoms with Crippen LogP contribution in [0.4, 0.5) is 0 Å². The summed E-state index contributed by atoms with van der Waals surface area (Å²) in [5.74, 6) is -0.510. The molecule has 0 saturated carbocycles. The number of phenolic OH excluding ortho intramolecular Hbond substituents is 1. The number of methoxy groups -OCH3 is 1. The summed E-state index contributed by atoms with van der Waals surface area (Å²) in [6.07, 6.45) is -2.55. The van der Waals surface area contributed by atoms with Crippen LogP contribution in [-0.4, -0.2) is 46.0 Å². The first-order chi connectivity index (χ1) is 10.6. The van der Waals surface area contributed by atoms with Gasteiger partial charge in [-0.15, -0.1) is 0 Å². The number of carbonyl (C=O) groups excluding carboxylic acids is 1. The second kappa shape index (κ2) is 5.86. The van der Waals surface area contributed by atoms with Crippen molar-refractivity contribution in [3.63, 3.8) is 0 Å². The van der Waals surface area contributed by atoms with Gasteiger partial charge in [-0.3, -0.25) is 4.79 Å². The molecule has 0 fully saturated rings. The average molecular weight is 322 g/mol.